The summed E-state index contributed by atoms with van der Waals surface area (Å²) in [6.45, 7) is 6.29. The lowest BCUT2D eigenvalue weighted by atomic mass is 10.0. The standard InChI is InChI=1S/C16H23BrN2O2/c1-11-5-6-12(2)19(11)13-4-3-9-18(10-13)16(20)14-7-8-15(17)21-14/h7-8,11-13H,3-6,9-10H2,1-2H3/t11-,12+,13-/m0/s1. The van der Waals surface area contributed by atoms with Crippen molar-refractivity contribution in [1.82, 2.24) is 9.80 Å². The molecule has 0 N–H and O–H groups in total. The Bertz CT molecular complexity index is 506. The number of halogens is 1. The molecule has 2 saturated heterocycles. The molecule has 116 valence electrons. The number of furan rings is 1. The highest BCUT2D eigenvalue weighted by molar-refractivity contribution is 9.10. The zero-order valence-corrected chi connectivity index (χ0v) is 14.3. The second-order valence-electron chi connectivity index (χ2n) is 6.37. The van der Waals surface area contributed by atoms with Gasteiger partial charge in [0.2, 0.25) is 0 Å². The summed E-state index contributed by atoms with van der Waals surface area (Å²) in [5, 5.41) is 0. The van der Waals surface area contributed by atoms with E-state index >= 15 is 0 Å². The molecule has 4 nitrogen and oxygen atoms in total. The lowest BCUT2D eigenvalue weighted by Crippen LogP contribution is -2.52. The van der Waals surface area contributed by atoms with E-state index in [0.29, 0.717) is 28.6 Å². The molecule has 1 aromatic heterocycles. The predicted octanol–water partition coefficient (Wildman–Crippen LogP) is 3.52. The molecule has 0 aromatic carbocycles. The normalized spacial score (nSPS) is 30.8. The van der Waals surface area contributed by atoms with Gasteiger partial charge < -0.3 is 9.32 Å². The van der Waals surface area contributed by atoms with Crippen molar-refractivity contribution in [2.45, 2.75) is 57.7 Å². The highest BCUT2D eigenvalue weighted by atomic mass is 79.9. The van der Waals surface area contributed by atoms with Crippen molar-refractivity contribution < 1.29 is 9.21 Å². The number of hydrogen-bond donors (Lipinski definition) is 0. The summed E-state index contributed by atoms with van der Waals surface area (Å²) in [7, 11) is 0. The maximum absolute atomic E-state index is 12.5. The van der Waals surface area contributed by atoms with E-state index in [4.69, 9.17) is 4.42 Å². The molecule has 2 fully saturated rings. The van der Waals surface area contributed by atoms with Crippen LogP contribution in [0, 0.1) is 0 Å². The minimum absolute atomic E-state index is 0.0184. The summed E-state index contributed by atoms with van der Waals surface area (Å²) in [6, 6.07) is 5.29. The zero-order valence-electron chi connectivity index (χ0n) is 12.7. The highest BCUT2D eigenvalue weighted by Gasteiger charge is 2.36. The van der Waals surface area contributed by atoms with Crippen molar-refractivity contribution in [1.29, 1.82) is 0 Å². The van der Waals surface area contributed by atoms with Crippen molar-refractivity contribution in [2.24, 2.45) is 0 Å². The number of likely N-dealkylation sites (tertiary alicyclic amines) is 2. The summed E-state index contributed by atoms with van der Waals surface area (Å²) < 4.78 is 6.03. The first kappa shape index (κ1) is 15.1. The van der Waals surface area contributed by atoms with E-state index in [0.717, 1.165) is 19.5 Å². The number of carbonyl (C=O) groups excluding carboxylic acids is 1. The van der Waals surface area contributed by atoms with Gasteiger partial charge in [-0.15, -0.1) is 0 Å². The van der Waals surface area contributed by atoms with Crippen LogP contribution in [0.15, 0.2) is 21.2 Å². The predicted molar refractivity (Wildman–Crippen MR) is 85.3 cm³/mol. The maximum atomic E-state index is 12.5. The Kier molecular flexibility index (Phi) is 4.41. The SMILES string of the molecule is C[C@@H]1CC[C@H](C)N1[C@H]1CCCN(C(=O)c2ccc(Br)o2)C1. The number of amides is 1. The molecule has 0 aliphatic carbocycles. The minimum atomic E-state index is 0.0184. The summed E-state index contributed by atoms with van der Waals surface area (Å²) in [5.74, 6) is 0.454. The summed E-state index contributed by atoms with van der Waals surface area (Å²) >= 11 is 3.26. The third kappa shape index (κ3) is 3.04. The van der Waals surface area contributed by atoms with Crippen molar-refractivity contribution in [3.8, 4) is 0 Å². The lowest BCUT2D eigenvalue weighted by Gasteiger charge is -2.41. The average molecular weight is 355 g/mol. The molecule has 3 atom stereocenters. The summed E-state index contributed by atoms with van der Waals surface area (Å²) in [4.78, 5) is 17.1. The number of carbonyl (C=O) groups is 1. The van der Waals surface area contributed by atoms with Crippen molar-refractivity contribution in [2.75, 3.05) is 13.1 Å². The smallest absolute Gasteiger partial charge is 0.289 e. The van der Waals surface area contributed by atoms with Crippen LogP contribution in [0.1, 0.15) is 50.1 Å². The second kappa shape index (κ2) is 6.13. The van der Waals surface area contributed by atoms with Gasteiger partial charge in [0.05, 0.1) is 0 Å². The van der Waals surface area contributed by atoms with Crippen LogP contribution in [0.4, 0.5) is 0 Å². The molecule has 1 amide bonds. The molecule has 2 aliphatic rings. The van der Waals surface area contributed by atoms with Gasteiger partial charge in [-0.05, 0) is 67.6 Å². The molecule has 1 aromatic rings. The lowest BCUT2D eigenvalue weighted by molar-refractivity contribution is 0.0462. The highest BCUT2D eigenvalue weighted by Crippen LogP contribution is 2.30. The summed E-state index contributed by atoms with van der Waals surface area (Å²) in [6.07, 6.45) is 4.82. The van der Waals surface area contributed by atoms with Crippen LogP contribution in [0.25, 0.3) is 0 Å². The van der Waals surface area contributed by atoms with Crippen LogP contribution in [0.3, 0.4) is 0 Å². The Morgan fingerprint density at radius 2 is 1.95 bits per heavy atom. The third-order valence-electron chi connectivity index (χ3n) is 4.91. The Labute approximate surface area is 134 Å². The second-order valence-corrected chi connectivity index (χ2v) is 7.16. The van der Waals surface area contributed by atoms with Gasteiger partial charge in [0.25, 0.3) is 5.91 Å². The molecular weight excluding hydrogens is 332 g/mol. The largest absolute Gasteiger partial charge is 0.444 e. The van der Waals surface area contributed by atoms with Crippen LogP contribution in [0.5, 0.6) is 0 Å². The van der Waals surface area contributed by atoms with Crippen LogP contribution >= 0.6 is 15.9 Å². The summed E-state index contributed by atoms with van der Waals surface area (Å²) in [5.41, 5.74) is 0. The van der Waals surface area contributed by atoms with Gasteiger partial charge in [0.1, 0.15) is 0 Å². The molecule has 5 heteroatoms. The third-order valence-corrected chi connectivity index (χ3v) is 5.34. The van der Waals surface area contributed by atoms with E-state index < -0.39 is 0 Å². The molecule has 0 bridgehead atoms. The molecule has 0 radical (unpaired) electrons. The maximum Gasteiger partial charge on any atom is 0.289 e. The van der Waals surface area contributed by atoms with E-state index in [9.17, 15) is 4.79 Å². The topological polar surface area (TPSA) is 36.7 Å². The first-order valence-corrected chi connectivity index (χ1v) is 8.67. The fourth-order valence-electron chi connectivity index (χ4n) is 3.90. The first-order chi connectivity index (χ1) is 10.1. The molecule has 3 heterocycles. The van der Waals surface area contributed by atoms with Gasteiger partial charge in [0.15, 0.2) is 10.4 Å². The van der Waals surface area contributed by atoms with Gasteiger partial charge in [-0.1, -0.05) is 0 Å². The van der Waals surface area contributed by atoms with Crippen molar-refractivity contribution in [3.05, 3.63) is 22.6 Å². The van der Waals surface area contributed by atoms with Crippen LogP contribution in [0.2, 0.25) is 0 Å². The average Bonchev–Trinajstić information content (AvgIpc) is 3.04. The fourth-order valence-corrected chi connectivity index (χ4v) is 4.21. The van der Waals surface area contributed by atoms with Gasteiger partial charge in [-0.2, -0.15) is 0 Å². The van der Waals surface area contributed by atoms with Gasteiger partial charge in [-0.3, -0.25) is 9.69 Å². The molecule has 3 rings (SSSR count). The molecule has 0 unspecified atom stereocenters. The monoisotopic (exact) mass is 354 g/mol. The van der Waals surface area contributed by atoms with Gasteiger partial charge in [-0.25, -0.2) is 0 Å². The molecule has 21 heavy (non-hydrogen) atoms. The van der Waals surface area contributed by atoms with Crippen molar-refractivity contribution in [3.63, 3.8) is 0 Å². The minimum Gasteiger partial charge on any atom is -0.444 e. The molecular formula is C16H23BrN2O2. The van der Waals surface area contributed by atoms with Crippen LogP contribution in [-0.4, -0.2) is 46.9 Å². The fraction of sp³-hybridized carbons (Fsp3) is 0.688. The number of piperidine rings is 1. The Morgan fingerprint density at radius 1 is 1.24 bits per heavy atom. The number of nitrogens with zero attached hydrogens (tertiary/aromatic N) is 2. The van der Waals surface area contributed by atoms with E-state index in [1.807, 2.05) is 4.90 Å². The van der Waals surface area contributed by atoms with Crippen LogP contribution < -0.4 is 0 Å². The Morgan fingerprint density at radius 3 is 2.57 bits per heavy atom. The number of hydrogen-bond acceptors (Lipinski definition) is 3. The molecule has 2 aliphatic heterocycles. The Balaban J connectivity index is 1.69. The van der Waals surface area contributed by atoms with E-state index in [1.165, 1.54) is 19.3 Å². The first-order valence-electron chi connectivity index (χ1n) is 7.88. The van der Waals surface area contributed by atoms with Crippen LogP contribution in [-0.2, 0) is 0 Å². The van der Waals surface area contributed by atoms with Crippen molar-refractivity contribution >= 4 is 21.8 Å². The Hall–Kier alpha value is -0.810. The molecule has 0 spiro atoms. The van der Waals surface area contributed by atoms with E-state index in [-0.39, 0.29) is 5.91 Å². The van der Waals surface area contributed by atoms with E-state index in [1.54, 1.807) is 12.1 Å². The van der Waals surface area contributed by atoms with E-state index in [2.05, 4.69) is 34.7 Å². The van der Waals surface area contributed by atoms with Gasteiger partial charge in [0, 0.05) is 31.2 Å². The molecule has 0 saturated carbocycles. The quantitative estimate of drug-likeness (QED) is 0.815. The number of rotatable bonds is 2. The van der Waals surface area contributed by atoms with Gasteiger partial charge >= 0.3 is 0 Å². The zero-order chi connectivity index (χ0) is 15.0.